The Labute approximate surface area is 131 Å². The number of hydrogen-bond donors (Lipinski definition) is 2. The van der Waals surface area contributed by atoms with Crippen molar-refractivity contribution < 1.29 is 4.74 Å². The molecule has 1 aromatic carbocycles. The fourth-order valence-corrected chi connectivity index (χ4v) is 1.74. The van der Waals surface area contributed by atoms with E-state index in [1.807, 2.05) is 24.3 Å². The Morgan fingerprint density at radius 1 is 1.42 bits per heavy atom. The highest BCUT2D eigenvalue weighted by molar-refractivity contribution is 14.0. The summed E-state index contributed by atoms with van der Waals surface area (Å²) in [6.45, 7) is 2.81. The van der Waals surface area contributed by atoms with Crippen LogP contribution in [0.25, 0.3) is 0 Å². The lowest BCUT2D eigenvalue weighted by Crippen LogP contribution is -2.40. The Balaban J connectivity index is 0.00000180. The van der Waals surface area contributed by atoms with E-state index in [4.69, 9.17) is 11.2 Å². The highest BCUT2D eigenvalue weighted by Crippen LogP contribution is 2.17. The molecular weight excluding hydrogens is 353 g/mol. The van der Waals surface area contributed by atoms with Crippen molar-refractivity contribution in [2.45, 2.75) is 13.0 Å². The zero-order valence-corrected chi connectivity index (χ0v) is 13.0. The average molecular weight is 371 g/mol. The summed E-state index contributed by atoms with van der Waals surface area (Å²) in [5, 5.41) is 6.48. The van der Waals surface area contributed by atoms with Crippen LogP contribution < -0.4 is 15.4 Å². The van der Waals surface area contributed by atoms with Gasteiger partial charge in [-0.1, -0.05) is 24.1 Å². The van der Waals surface area contributed by atoms with E-state index in [9.17, 15) is 0 Å². The van der Waals surface area contributed by atoms with E-state index in [-0.39, 0.29) is 30.6 Å². The Morgan fingerprint density at radius 2 is 2.26 bits per heavy atom. The Bertz CT molecular complexity index is 468. The quantitative estimate of drug-likeness (QED) is 0.626. The number of benzene rings is 1. The number of nitrogens with one attached hydrogen (secondary N) is 2. The Kier molecular flexibility index (Phi) is 7.11. The highest BCUT2D eigenvalue weighted by Gasteiger charge is 2.06. The molecule has 1 aliphatic rings. The molecule has 0 unspecified atom stereocenters. The topological polar surface area (TPSA) is 45.6 Å². The summed E-state index contributed by atoms with van der Waals surface area (Å²) >= 11 is 0. The van der Waals surface area contributed by atoms with Gasteiger partial charge < -0.3 is 15.4 Å². The van der Waals surface area contributed by atoms with Crippen molar-refractivity contribution in [3.63, 3.8) is 0 Å². The van der Waals surface area contributed by atoms with Crippen molar-refractivity contribution in [3.8, 4) is 18.1 Å². The summed E-state index contributed by atoms with van der Waals surface area (Å²) in [5.41, 5.74) is 1.07. The first-order chi connectivity index (χ1) is 8.90. The summed E-state index contributed by atoms with van der Waals surface area (Å²) in [7, 11) is 0. The van der Waals surface area contributed by atoms with E-state index in [1.54, 1.807) is 0 Å². The minimum Gasteiger partial charge on any atom is -0.481 e. The third-order valence-corrected chi connectivity index (χ3v) is 2.63. The molecule has 1 aromatic rings. The van der Waals surface area contributed by atoms with Crippen molar-refractivity contribution in [1.82, 2.24) is 10.6 Å². The minimum atomic E-state index is 0. The van der Waals surface area contributed by atoms with Crippen LogP contribution in [0.2, 0.25) is 0 Å². The first kappa shape index (κ1) is 15.6. The Hall–Kier alpha value is -1.42. The van der Waals surface area contributed by atoms with Gasteiger partial charge in [-0.2, -0.15) is 0 Å². The molecule has 2 rings (SSSR count). The zero-order valence-electron chi connectivity index (χ0n) is 10.7. The SMILES string of the molecule is C#CCOc1ccccc1CNC1=NCCCN1.I. The molecular formula is C14H18IN3O. The van der Waals surface area contributed by atoms with Crippen LogP contribution >= 0.6 is 24.0 Å². The van der Waals surface area contributed by atoms with Gasteiger partial charge in [-0.3, -0.25) is 4.99 Å². The Morgan fingerprint density at radius 3 is 3.00 bits per heavy atom. The van der Waals surface area contributed by atoms with Crippen molar-refractivity contribution in [3.05, 3.63) is 29.8 Å². The van der Waals surface area contributed by atoms with Crippen molar-refractivity contribution >= 4 is 29.9 Å². The molecule has 2 N–H and O–H groups in total. The van der Waals surface area contributed by atoms with Crippen LogP contribution in [0.5, 0.6) is 5.75 Å². The first-order valence-electron chi connectivity index (χ1n) is 6.06. The van der Waals surface area contributed by atoms with Gasteiger partial charge in [0.2, 0.25) is 0 Å². The number of hydrogen-bond acceptors (Lipinski definition) is 4. The van der Waals surface area contributed by atoms with Crippen LogP contribution in [0, 0.1) is 12.3 Å². The summed E-state index contributed by atoms with van der Waals surface area (Å²) in [6.07, 6.45) is 6.29. The number of aliphatic imine (C=N–C) groups is 1. The van der Waals surface area contributed by atoms with Gasteiger partial charge in [0, 0.05) is 25.2 Å². The number of ether oxygens (including phenoxy) is 1. The fraction of sp³-hybridized carbons (Fsp3) is 0.357. The number of para-hydroxylation sites is 1. The van der Waals surface area contributed by atoms with E-state index in [2.05, 4.69) is 21.5 Å². The monoisotopic (exact) mass is 371 g/mol. The lowest BCUT2D eigenvalue weighted by molar-refractivity contribution is 0.365. The maximum atomic E-state index is 5.49. The van der Waals surface area contributed by atoms with E-state index >= 15 is 0 Å². The lowest BCUT2D eigenvalue weighted by atomic mass is 10.2. The fourth-order valence-electron chi connectivity index (χ4n) is 1.74. The van der Waals surface area contributed by atoms with Gasteiger partial charge in [-0.05, 0) is 12.5 Å². The normalized spacial score (nSPS) is 13.3. The first-order valence-corrected chi connectivity index (χ1v) is 6.06. The number of terminal acetylenes is 1. The molecule has 19 heavy (non-hydrogen) atoms. The van der Waals surface area contributed by atoms with Crippen LogP contribution in [-0.4, -0.2) is 25.7 Å². The van der Waals surface area contributed by atoms with E-state index in [0.717, 1.165) is 36.8 Å². The second-order valence-electron chi connectivity index (χ2n) is 3.96. The highest BCUT2D eigenvalue weighted by atomic mass is 127. The van der Waals surface area contributed by atoms with Crippen LogP contribution in [0.1, 0.15) is 12.0 Å². The predicted molar refractivity (Wildman–Crippen MR) is 87.9 cm³/mol. The molecule has 0 aromatic heterocycles. The molecule has 0 fully saturated rings. The van der Waals surface area contributed by atoms with Crippen LogP contribution in [0.15, 0.2) is 29.3 Å². The molecule has 0 spiro atoms. The van der Waals surface area contributed by atoms with E-state index < -0.39 is 0 Å². The molecule has 0 amide bonds. The summed E-state index contributed by atoms with van der Waals surface area (Å²) in [5.74, 6) is 4.14. The molecule has 0 saturated carbocycles. The van der Waals surface area contributed by atoms with Gasteiger partial charge in [0.25, 0.3) is 0 Å². The van der Waals surface area contributed by atoms with Gasteiger partial charge in [0.05, 0.1) is 0 Å². The molecule has 0 saturated heterocycles. The number of guanidine groups is 1. The molecule has 1 heterocycles. The summed E-state index contributed by atoms with van der Waals surface area (Å²) in [6, 6.07) is 7.86. The second-order valence-corrected chi connectivity index (χ2v) is 3.96. The van der Waals surface area contributed by atoms with E-state index in [1.165, 1.54) is 0 Å². The predicted octanol–water partition coefficient (Wildman–Crippen LogP) is 1.76. The summed E-state index contributed by atoms with van der Waals surface area (Å²) < 4.78 is 5.49. The standard InChI is InChI=1S/C14H17N3O.HI/c1-2-10-18-13-7-4-3-6-12(13)11-17-14-15-8-5-9-16-14;/h1,3-4,6-7H,5,8-11H2,(H2,15,16,17);1H. The van der Waals surface area contributed by atoms with Crippen molar-refractivity contribution in [2.24, 2.45) is 4.99 Å². The zero-order chi connectivity index (χ0) is 12.6. The lowest BCUT2D eigenvalue weighted by Gasteiger charge is -2.17. The second kappa shape index (κ2) is 8.64. The van der Waals surface area contributed by atoms with Gasteiger partial charge in [-0.15, -0.1) is 30.4 Å². The summed E-state index contributed by atoms with van der Waals surface area (Å²) in [4.78, 5) is 4.36. The number of nitrogens with zero attached hydrogens (tertiary/aromatic N) is 1. The minimum absolute atomic E-state index is 0. The molecule has 0 aliphatic carbocycles. The van der Waals surface area contributed by atoms with Crippen molar-refractivity contribution in [1.29, 1.82) is 0 Å². The maximum Gasteiger partial charge on any atom is 0.191 e. The molecule has 102 valence electrons. The maximum absolute atomic E-state index is 5.49. The van der Waals surface area contributed by atoms with Crippen LogP contribution in [0.3, 0.4) is 0 Å². The van der Waals surface area contributed by atoms with Crippen LogP contribution in [0.4, 0.5) is 0 Å². The van der Waals surface area contributed by atoms with Gasteiger partial charge in [-0.25, -0.2) is 0 Å². The molecule has 4 nitrogen and oxygen atoms in total. The van der Waals surface area contributed by atoms with Gasteiger partial charge in [0.15, 0.2) is 5.96 Å². The molecule has 0 atom stereocenters. The number of halogens is 1. The third kappa shape index (κ3) is 4.99. The molecule has 1 aliphatic heterocycles. The van der Waals surface area contributed by atoms with Crippen molar-refractivity contribution in [2.75, 3.05) is 19.7 Å². The molecule has 0 bridgehead atoms. The average Bonchev–Trinajstić information content (AvgIpc) is 2.45. The van der Waals surface area contributed by atoms with Crippen LogP contribution in [-0.2, 0) is 6.54 Å². The van der Waals surface area contributed by atoms with Gasteiger partial charge in [0.1, 0.15) is 12.4 Å². The largest absolute Gasteiger partial charge is 0.481 e. The smallest absolute Gasteiger partial charge is 0.191 e. The third-order valence-electron chi connectivity index (χ3n) is 2.63. The molecule has 0 radical (unpaired) electrons. The molecule has 5 heteroatoms. The van der Waals surface area contributed by atoms with E-state index in [0.29, 0.717) is 6.54 Å². The van der Waals surface area contributed by atoms with Gasteiger partial charge >= 0.3 is 0 Å². The number of rotatable bonds is 4.